The predicted molar refractivity (Wildman–Crippen MR) is 86.2 cm³/mol. The van der Waals surface area contributed by atoms with Gasteiger partial charge in [-0.15, -0.1) is 0 Å². The van der Waals surface area contributed by atoms with Gasteiger partial charge in [-0.1, -0.05) is 35.9 Å². The first-order chi connectivity index (χ1) is 11.1. The maximum atomic E-state index is 12.5. The molecule has 0 N–H and O–H groups in total. The van der Waals surface area contributed by atoms with Crippen LogP contribution in [0.1, 0.15) is 27.6 Å². The highest BCUT2D eigenvalue weighted by Gasteiger charge is 2.32. The van der Waals surface area contributed by atoms with Gasteiger partial charge in [0.2, 0.25) is 11.6 Å². The van der Waals surface area contributed by atoms with Gasteiger partial charge in [0.25, 0.3) is 0 Å². The van der Waals surface area contributed by atoms with E-state index in [1.165, 1.54) is 0 Å². The van der Waals surface area contributed by atoms with E-state index in [0.717, 1.165) is 0 Å². The van der Waals surface area contributed by atoms with E-state index < -0.39 is 11.6 Å². The molecule has 0 spiro atoms. The normalized spacial score (nSPS) is 13.8. The largest absolute Gasteiger partial charge is 0.494 e. The van der Waals surface area contributed by atoms with Crippen LogP contribution < -0.4 is 9.47 Å². The fourth-order valence-corrected chi connectivity index (χ4v) is 2.53. The Hall–Kier alpha value is -2.59. The van der Waals surface area contributed by atoms with Crippen molar-refractivity contribution >= 4 is 23.2 Å². The third-order valence-electron chi connectivity index (χ3n) is 3.38. The summed E-state index contributed by atoms with van der Waals surface area (Å²) in [7, 11) is 0. The number of hydrogen-bond acceptors (Lipinski definition) is 4. The molecule has 0 aromatic heterocycles. The van der Waals surface area contributed by atoms with Crippen LogP contribution in [-0.2, 0) is 0 Å². The Morgan fingerprint density at radius 2 is 1.43 bits per heavy atom. The van der Waals surface area contributed by atoms with E-state index in [0.29, 0.717) is 29.2 Å². The molecule has 23 heavy (non-hydrogen) atoms. The van der Waals surface area contributed by atoms with Gasteiger partial charge in [0.05, 0.1) is 6.61 Å². The zero-order chi connectivity index (χ0) is 16.4. The van der Waals surface area contributed by atoms with Crippen molar-refractivity contribution in [3.63, 3.8) is 0 Å². The van der Waals surface area contributed by atoms with Crippen LogP contribution in [0.4, 0.5) is 0 Å². The summed E-state index contributed by atoms with van der Waals surface area (Å²) in [5.41, 5.74) is 0.587. The SMILES string of the molecule is CCOc1ccc(OC2=C(Cl)C(=O)c3ccccc3C2=O)cc1. The molecule has 0 saturated carbocycles. The smallest absolute Gasteiger partial charge is 0.230 e. The number of Topliss-reactive ketones (excluding diaryl/α,β-unsaturated/α-hetero) is 2. The molecule has 0 amide bonds. The van der Waals surface area contributed by atoms with Crippen molar-refractivity contribution in [1.82, 2.24) is 0 Å². The number of benzene rings is 2. The summed E-state index contributed by atoms with van der Waals surface area (Å²) in [5, 5.41) is -0.206. The van der Waals surface area contributed by atoms with Crippen molar-refractivity contribution in [1.29, 1.82) is 0 Å². The lowest BCUT2D eigenvalue weighted by molar-refractivity contribution is 0.0943. The number of ketones is 2. The molecule has 0 fully saturated rings. The zero-order valence-electron chi connectivity index (χ0n) is 12.3. The van der Waals surface area contributed by atoms with Gasteiger partial charge in [-0.2, -0.15) is 0 Å². The summed E-state index contributed by atoms with van der Waals surface area (Å²) in [5.74, 6) is 0.125. The van der Waals surface area contributed by atoms with E-state index in [1.54, 1.807) is 48.5 Å². The highest BCUT2D eigenvalue weighted by molar-refractivity contribution is 6.49. The quantitative estimate of drug-likeness (QED) is 0.851. The molecule has 0 aliphatic heterocycles. The minimum atomic E-state index is -0.414. The van der Waals surface area contributed by atoms with Gasteiger partial charge in [0, 0.05) is 11.1 Å². The minimum absolute atomic E-state index is 0.153. The molecule has 3 rings (SSSR count). The van der Waals surface area contributed by atoms with Crippen molar-refractivity contribution in [2.45, 2.75) is 6.92 Å². The highest BCUT2D eigenvalue weighted by atomic mass is 35.5. The molecule has 0 atom stereocenters. The van der Waals surface area contributed by atoms with Crippen molar-refractivity contribution in [2.24, 2.45) is 0 Å². The lowest BCUT2D eigenvalue weighted by Crippen LogP contribution is -2.23. The summed E-state index contributed by atoms with van der Waals surface area (Å²) >= 11 is 6.05. The second kappa shape index (κ2) is 6.26. The second-order valence-corrected chi connectivity index (χ2v) is 5.23. The highest BCUT2D eigenvalue weighted by Crippen LogP contribution is 2.30. The number of rotatable bonds is 4. The summed E-state index contributed by atoms with van der Waals surface area (Å²) in [6, 6.07) is 13.3. The standard InChI is InChI=1S/C18H13ClO4/c1-2-22-11-7-9-12(10-8-11)23-18-15(19)16(20)13-5-3-4-6-14(13)17(18)21/h3-10H,2H2,1H3. The van der Waals surface area contributed by atoms with Crippen LogP contribution in [0.2, 0.25) is 0 Å². The molecule has 5 heteroatoms. The van der Waals surface area contributed by atoms with Crippen LogP contribution in [0.5, 0.6) is 11.5 Å². The number of hydrogen-bond donors (Lipinski definition) is 0. The van der Waals surface area contributed by atoms with Crippen LogP contribution in [0.3, 0.4) is 0 Å². The Bertz CT molecular complexity index is 806. The maximum absolute atomic E-state index is 12.5. The van der Waals surface area contributed by atoms with Crippen LogP contribution in [0.25, 0.3) is 0 Å². The Morgan fingerprint density at radius 3 is 2.04 bits per heavy atom. The molecule has 1 aliphatic rings. The van der Waals surface area contributed by atoms with Crippen molar-refractivity contribution in [3.8, 4) is 11.5 Å². The molecule has 0 saturated heterocycles. The van der Waals surface area contributed by atoms with Gasteiger partial charge in [0.1, 0.15) is 16.5 Å². The molecular formula is C18H13ClO4. The van der Waals surface area contributed by atoms with Crippen molar-refractivity contribution in [2.75, 3.05) is 6.61 Å². The van der Waals surface area contributed by atoms with Gasteiger partial charge >= 0.3 is 0 Å². The number of carbonyl (C=O) groups excluding carboxylic acids is 2. The lowest BCUT2D eigenvalue weighted by atomic mass is 9.93. The van der Waals surface area contributed by atoms with Crippen LogP contribution in [-0.4, -0.2) is 18.2 Å². The molecule has 0 bridgehead atoms. The first-order valence-corrected chi connectivity index (χ1v) is 7.48. The minimum Gasteiger partial charge on any atom is -0.494 e. The number of halogens is 1. The Labute approximate surface area is 138 Å². The molecule has 116 valence electrons. The van der Waals surface area contributed by atoms with E-state index >= 15 is 0 Å². The molecule has 2 aromatic carbocycles. The number of fused-ring (bicyclic) bond motifs is 1. The van der Waals surface area contributed by atoms with Crippen molar-refractivity contribution in [3.05, 3.63) is 70.4 Å². The van der Waals surface area contributed by atoms with Crippen LogP contribution >= 0.6 is 11.6 Å². The summed E-state index contributed by atoms with van der Waals surface area (Å²) in [4.78, 5) is 24.8. The van der Waals surface area contributed by atoms with Gasteiger partial charge < -0.3 is 9.47 Å². The molecule has 0 unspecified atom stereocenters. The lowest BCUT2D eigenvalue weighted by Gasteiger charge is -2.18. The van der Waals surface area contributed by atoms with E-state index in [4.69, 9.17) is 21.1 Å². The average molecular weight is 329 g/mol. The van der Waals surface area contributed by atoms with Crippen LogP contribution in [0.15, 0.2) is 59.3 Å². The van der Waals surface area contributed by atoms with Crippen molar-refractivity contribution < 1.29 is 19.1 Å². The van der Waals surface area contributed by atoms with Gasteiger partial charge in [-0.05, 0) is 31.2 Å². The number of allylic oxidation sites excluding steroid dienone is 2. The van der Waals surface area contributed by atoms with Gasteiger partial charge in [-0.3, -0.25) is 9.59 Å². The molecule has 1 aliphatic carbocycles. The number of ether oxygens (including phenoxy) is 2. The monoisotopic (exact) mass is 328 g/mol. The van der Waals surface area contributed by atoms with E-state index in [1.807, 2.05) is 6.92 Å². The molecule has 0 heterocycles. The molecule has 0 radical (unpaired) electrons. The Morgan fingerprint density at radius 1 is 0.870 bits per heavy atom. The first-order valence-electron chi connectivity index (χ1n) is 7.10. The van der Waals surface area contributed by atoms with Gasteiger partial charge in [-0.25, -0.2) is 0 Å². The summed E-state index contributed by atoms with van der Waals surface area (Å²) < 4.78 is 10.9. The second-order valence-electron chi connectivity index (χ2n) is 4.85. The third-order valence-corrected chi connectivity index (χ3v) is 3.72. The Kier molecular flexibility index (Phi) is 4.17. The fourth-order valence-electron chi connectivity index (χ4n) is 2.30. The molecule has 2 aromatic rings. The zero-order valence-corrected chi connectivity index (χ0v) is 13.1. The third kappa shape index (κ3) is 2.85. The van der Waals surface area contributed by atoms with Gasteiger partial charge in [0.15, 0.2) is 5.76 Å². The number of carbonyl (C=O) groups is 2. The average Bonchev–Trinajstić information content (AvgIpc) is 2.58. The molecule has 4 nitrogen and oxygen atoms in total. The van der Waals surface area contributed by atoms with E-state index in [2.05, 4.69) is 0 Å². The fraction of sp³-hybridized carbons (Fsp3) is 0.111. The topological polar surface area (TPSA) is 52.6 Å². The molecular weight excluding hydrogens is 316 g/mol. The maximum Gasteiger partial charge on any atom is 0.230 e. The van der Waals surface area contributed by atoms with E-state index in [-0.39, 0.29) is 10.8 Å². The summed E-state index contributed by atoms with van der Waals surface area (Å²) in [6.07, 6.45) is 0. The predicted octanol–water partition coefficient (Wildman–Crippen LogP) is 3.99. The van der Waals surface area contributed by atoms with Crippen LogP contribution in [0, 0.1) is 0 Å². The van der Waals surface area contributed by atoms with E-state index in [9.17, 15) is 9.59 Å². The summed E-state index contributed by atoms with van der Waals surface area (Å²) in [6.45, 7) is 2.44. The Balaban J connectivity index is 1.92. The first kappa shape index (κ1) is 15.3.